The van der Waals surface area contributed by atoms with Crippen LogP contribution >= 0.6 is 0 Å². The number of hydrogen-bond donors (Lipinski definition) is 0. The van der Waals surface area contributed by atoms with Crippen molar-refractivity contribution in [2.45, 2.75) is 32.0 Å². The van der Waals surface area contributed by atoms with Gasteiger partial charge in [-0.3, -0.25) is 9.48 Å². The quantitative estimate of drug-likeness (QED) is 0.729. The molecule has 1 aromatic carbocycles. The minimum absolute atomic E-state index is 0.0597. The first-order chi connectivity index (χ1) is 12.4. The van der Waals surface area contributed by atoms with Crippen molar-refractivity contribution in [2.24, 2.45) is 5.92 Å². The Labute approximate surface area is 150 Å². The van der Waals surface area contributed by atoms with Crippen LogP contribution in [0.3, 0.4) is 0 Å². The second-order valence-corrected chi connectivity index (χ2v) is 6.70. The summed E-state index contributed by atoms with van der Waals surface area (Å²) in [5, 5.41) is 4.17. The summed E-state index contributed by atoms with van der Waals surface area (Å²) in [7, 11) is 0. The second kappa shape index (κ2) is 8.03. The van der Waals surface area contributed by atoms with Gasteiger partial charge < -0.3 is 4.90 Å². The number of alkyl halides is 3. The molecule has 0 radical (unpaired) electrons. The van der Waals surface area contributed by atoms with Crippen LogP contribution in [0, 0.1) is 5.92 Å². The summed E-state index contributed by atoms with van der Waals surface area (Å²) in [6.07, 6.45) is 1.96. The number of halogens is 3. The monoisotopic (exact) mass is 365 g/mol. The number of Topliss-reactive ketones (excluding diaryl/α,β-unsaturated/α-hetero) is 1. The molecule has 0 bridgehead atoms. The van der Waals surface area contributed by atoms with Crippen molar-refractivity contribution in [1.82, 2.24) is 14.7 Å². The minimum atomic E-state index is -4.38. The molecule has 1 aliphatic rings. The molecular weight excluding hydrogens is 343 g/mol. The number of likely N-dealkylation sites (tertiary alicyclic amines) is 1. The molecule has 4 nitrogen and oxygen atoms in total. The number of carbonyl (C=O) groups is 1. The number of piperidine rings is 1. The summed E-state index contributed by atoms with van der Waals surface area (Å²) in [5.41, 5.74) is -0.362. The lowest BCUT2D eigenvalue weighted by Crippen LogP contribution is -2.39. The van der Waals surface area contributed by atoms with Gasteiger partial charge in [0.05, 0.1) is 5.56 Å². The van der Waals surface area contributed by atoms with Crippen molar-refractivity contribution in [1.29, 1.82) is 0 Å². The number of rotatable bonds is 6. The molecule has 1 aliphatic heterocycles. The van der Waals surface area contributed by atoms with E-state index in [1.54, 1.807) is 6.20 Å². The number of nitrogens with zero attached hydrogens (tertiary/aromatic N) is 3. The molecule has 0 spiro atoms. The maximum atomic E-state index is 12.6. The highest BCUT2D eigenvalue weighted by molar-refractivity contribution is 5.98. The van der Waals surface area contributed by atoms with E-state index in [2.05, 4.69) is 10.00 Å². The van der Waals surface area contributed by atoms with Gasteiger partial charge in [-0.2, -0.15) is 18.3 Å². The summed E-state index contributed by atoms with van der Waals surface area (Å²) >= 11 is 0. The van der Waals surface area contributed by atoms with Gasteiger partial charge in [-0.1, -0.05) is 12.1 Å². The minimum Gasteiger partial charge on any atom is -0.303 e. The second-order valence-electron chi connectivity index (χ2n) is 6.70. The third-order valence-corrected chi connectivity index (χ3v) is 4.79. The van der Waals surface area contributed by atoms with E-state index < -0.39 is 11.7 Å². The average Bonchev–Trinajstić information content (AvgIpc) is 3.14. The summed E-state index contributed by atoms with van der Waals surface area (Å²) in [5.74, 6) is -0.208. The van der Waals surface area contributed by atoms with Gasteiger partial charge in [-0.05, 0) is 50.6 Å². The normalized spacial score (nSPS) is 18.8. The maximum Gasteiger partial charge on any atom is 0.416 e. The number of aryl methyl sites for hydroxylation is 1. The van der Waals surface area contributed by atoms with Crippen LogP contribution in [0.25, 0.3) is 0 Å². The predicted octanol–water partition coefficient (Wildman–Crippen LogP) is 3.89. The molecule has 0 aliphatic carbocycles. The van der Waals surface area contributed by atoms with Crippen molar-refractivity contribution in [2.75, 3.05) is 19.6 Å². The average molecular weight is 365 g/mol. The highest BCUT2D eigenvalue weighted by atomic mass is 19.4. The summed E-state index contributed by atoms with van der Waals surface area (Å²) < 4.78 is 39.8. The molecule has 3 rings (SSSR count). The molecule has 0 unspecified atom stereocenters. The highest BCUT2D eigenvalue weighted by Gasteiger charge is 2.31. The van der Waals surface area contributed by atoms with Crippen molar-refractivity contribution in [3.63, 3.8) is 0 Å². The third-order valence-electron chi connectivity index (χ3n) is 4.79. The van der Waals surface area contributed by atoms with Crippen molar-refractivity contribution < 1.29 is 18.0 Å². The van der Waals surface area contributed by atoms with Gasteiger partial charge in [0.2, 0.25) is 0 Å². The molecule has 7 heteroatoms. The lowest BCUT2D eigenvalue weighted by molar-refractivity contribution is -0.137. The van der Waals surface area contributed by atoms with Crippen LogP contribution in [0.2, 0.25) is 0 Å². The van der Waals surface area contributed by atoms with Crippen molar-refractivity contribution >= 4 is 5.78 Å². The van der Waals surface area contributed by atoms with Crippen molar-refractivity contribution in [3.05, 3.63) is 53.9 Å². The Morgan fingerprint density at radius 1 is 1.19 bits per heavy atom. The number of ketones is 1. The summed E-state index contributed by atoms with van der Waals surface area (Å²) in [6, 6.07) is 6.44. The fourth-order valence-corrected chi connectivity index (χ4v) is 3.42. The Morgan fingerprint density at radius 3 is 2.62 bits per heavy atom. The Balaban J connectivity index is 1.54. The van der Waals surface area contributed by atoms with Crippen LogP contribution in [0.1, 0.15) is 35.2 Å². The standard InChI is InChI=1S/C19H22F3N3O/c20-19(21,22)17-7-5-15(6-8-17)18(26)16-4-1-10-24(14-16)11-3-13-25-12-2-9-23-25/h2,5-9,12,16H,1,3-4,10-11,13-14H2/t16-/m1/s1. The Morgan fingerprint density at radius 2 is 1.96 bits per heavy atom. The molecular formula is C19H22F3N3O. The fourth-order valence-electron chi connectivity index (χ4n) is 3.42. The molecule has 1 atom stereocenters. The molecule has 1 aromatic heterocycles. The topological polar surface area (TPSA) is 38.1 Å². The van der Waals surface area contributed by atoms with Gasteiger partial charge >= 0.3 is 6.18 Å². The van der Waals surface area contributed by atoms with Gasteiger partial charge in [0, 0.05) is 37.0 Å². The molecule has 1 saturated heterocycles. The van der Waals surface area contributed by atoms with E-state index >= 15 is 0 Å². The van der Waals surface area contributed by atoms with E-state index in [9.17, 15) is 18.0 Å². The van der Waals surface area contributed by atoms with Crippen LogP contribution in [0.4, 0.5) is 13.2 Å². The molecule has 2 heterocycles. The molecule has 26 heavy (non-hydrogen) atoms. The van der Waals surface area contributed by atoms with Gasteiger partial charge in [0.15, 0.2) is 5.78 Å². The first kappa shape index (κ1) is 18.6. The van der Waals surface area contributed by atoms with E-state index in [0.717, 1.165) is 51.0 Å². The van der Waals surface area contributed by atoms with Gasteiger partial charge in [0.25, 0.3) is 0 Å². The van der Waals surface area contributed by atoms with E-state index in [1.807, 2.05) is 16.9 Å². The molecule has 140 valence electrons. The van der Waals surface area contributed by atoms with Crippen LogP contribution in [0.5, 0.6) is 0 Å². The van der Waals surface area contributed by atoms with Gasteiger partial charge in [0.1, 0.15) is 0 Å². The van der Waals surface area contributed by atoms with E-state index in [-0.39, 0.29) is 11.7 Å². The number of benzene rings is 1. The van der Waals surface area contributed by atoms with Gasteiger partial charge in [-0.15, -0.1) is 0 Å². The number of carbonyl (C=O) groups excluding carboxylic acids is 1. The molecule has 0 amide bonds. The predicted molar refractivity (Wildman–Crippen MR) is 91.8 cm³/mol. The van der Waals surface area contributed by atoms with Crippen LogP contribution in [0.15, 0.2) is 42.7 Å². The van der Waals surface area contributed by atoms with Crippen molar-refractivity contribution in [3.8, 4) is 0 Å². The summed E-state index contributed by atoms with van der Waals surface area (Å²) in [6.45, 7) is 3.34. The van der Waals surface area contributed by atoms with E-state index in [1.165, 1.54) is 12.1 Å². The van der Waals surface area contributed by atoms with Crippen LogP contribution < -0.4 is 0 Å². The zero-order chi connectivity index (χ0) is 18.6. The SMILES string of the molecule is O=C(c1ccc(C(F)(F)F)cc1)[C@@H]1CCCN(CCCn2cccn2)C1. The molecule has 1 fully saturated rings. The largest absolute Gasteiger partial charge is 0.416 e. The highest BCUT2D eigenvalue weighted by Crippen LogP contribution is 2.30. The van der Waals surface area contributed by atoms with E-state index in [0.29, 0.717) is 12.1 Å². The summed E-state index contributed by atoms with van der Waals surface area (Å²) in [4.78, 5) is 14.9. The third kappa shape index (κ3) is 4.72. The smallest absolute Gasteiger partial charge is 0.303 e. The molecule has 0 N–H and O–H groups in total. The van der Waals surface area contributed by atoms with Crippen LogP contribution in [-0.2, 0) is 12.7 Å². The van der Waals surface area contributed by atoms with E-state index in [4.69, 9.17) is 0 Å². The lowest BCUT2D eigenvalue weighted by atomic mass is 9.89. The molecule has 0 saturated carbocycles. The number of hydrogen-bond acceptors (Lipinski definition) is 3. The fraction of sp³-hybridized carbons (Fsp3) is 0.474. The lowest BCUT2D eigenvalue weighted by Gasteiger charge is -2.32. The zero-order valence-corrected chi connectivity index (χ0v) is 14.5. The maximum absolute atomic E-state index is 12.6. The Kier molecular flexibility index (Phi) is 5.76. The first-order valence-electron chi connectivity index (χ1n) is 8.85. The first-order valence-corrected chi connectivity index (χ1v) is 8.85. The van der Waals surface area contributed by atoms with Crippen LogP contribution in [-0.4, -0.2) is 40.1 Å². The zero-order valence-electron chi connectivity index (χ0n) is 14.5. The van der Waals surface area contributed by atoms with Gasteiger partial charge in [-0.25, -0.2) is 0 Å². The Hall–Kier alpha value is -2.15. The number of aromatic nitrogens is 2. The molecule has 2 aromatic rings. The Bertz CT molecular complexity index is 711.